The van der Waals surface area contributed by atoms with Crippen molar-refractivity contribution in [2.24, 2.45) is 0 Å². The summed E-state index contributed by atoms with van der Waals surface area (Å²) in [6.45, 7) is 0.969. The standard InChI is InChI=1S/C7H4F4/c1-3-6(10)4(8)2-5(9)7(3)11/h2H,1H3. The molecule has 11 heavy (non-hydrogen) atoms. The lowest BCUT2D eigenvalue weighted by atomic mass is 10.2. The predicted molar refractivity (Wildman–Crippen MR) is 31.0 cm³/mol. The van der Waals surface area contributed by atoms with E-state index in [1.54, 1.807) is 0 Å². The second-order valence-corrected chi connectivity index (χ2v) is 2.09. The van der Waals surface area contributed by atoms with Crippen molar-refractivity contribution in [1.29, 1.82) is 0 Å². The molecule has 1 aromatic carbocycles. The molecule has 0 aromatic heterocycles. The van der Waals surface area contributed by atoms with Crippen molar-refractivity contribution in [1.82, 2.24) is 0 Å². The number of hydrogen-bond donors (Lipinski definition) is 0. The van der Waals surface area contributed by atoms with E-state index in [1.165, 1.54) is 0 Å². The molecule has 60 valence electrons. The van der Waals surface area contributed by atoms with Crippen LogP contribution in [0.4, 0.5) is 17.6 Å². The molecule has 4 heteroatoms. The Morgan fingerprint density at radius 1 is 0.909 bits per heavy atom. The molecule has 0 radical (unpaired) electrons. The summed E-state index contributed by atoms with van der Waals surface area (Å²) >= 11 is 0. The highest BCUT2D eigenvalue weighted by Crippen LogP contribution is 2.17. The SMILES string of the molecule is Cc1c(F)c(F)cc(F)c1F. The fourth-order valence-corrected chi connectivity index (χ4v) is 0.693. The zero-order chi connectivity index (χ0) is 8.59. The molecule has 0 saturated carbocycles. The summed E-state index contributed by atoms with van der Waals surface area (Å²) < 4.78 is 49.3. The molecular weight excluding hydrogens is 160 g/mol. The Hall–Kier alpha value is -1.06. The third kappa shape index (κ3) is 1.20. The van der Waals surface area contributed by atoms with Gasteiger partial charge in [-0.25, -0.2) is 17.6 Å². The van der Waals surface area contributed by atoms with Gasteiger partial charge >= 0.3 is 0 Å². The minimum absolute atomic E-state index is 0.178. The van der Waals surface area contributed by atoms with Crippen LogP contribution in [0.3, 0.4) is 0 Å². The largest absolute Gasteiger partial charge is 0.204 e. The molecule has 0 atom stereocenters. The highest BCUT2D eigenvalue weighted by molar-refractivity contribution is 5.20. The molecule has 0 fully saturated rings. The van der Waals surface area contributed by atoms with Crippen LogP contribution in [-0.2, 0) is 0 Å². The highest BCUT2D eigenvalue weighted by Gasteiger charge is 2.14. The van der Waals surface area contributed by atoms with E-state index >= 15 is 0 Å². The van der Waals surface area contributed by atoms with Crippen LogP contribution < -0.4 is 0 Å². The van der Waals surface area contributed by atoms with Crippen LogP contribution >= 0.6 is 0 Å². The Labute approximate surface area is 60.5 Å². The van der Waals surface area contributed by atoms with E-state index in [1.807, 2.05) is 0 Å². The summed E-state index contributed by atoms with van der Waals surface area (Å²) in [5.41, 5.74) is -0.637. The van der Waals surface area contributed by atoms with Crippen molar-refractivity contribution in [2.45, 2.75) is 6.92 Å². The number of rotatable bonds is 0. The summed E-state index contributed by atoms with van der Waals surface area (Å²) in [6, 6.07) is 0.178. The van der Waals surface area contributed by atoms with Crippen LogP contribution in [0.2, 0.25) is 0 Å². The van der Waals surface area contributed by atoms with E-state index in [-0.39, 0.29) is 6.07 Å². The molecule has 0 aliphatic carbocycles. The zero-order valence-electron chi connectivity index (χ0n) is 5.59. The Kier molecular flexibility index (Phi) is 1.85. The van der Waals surface area contributed by atoms with E-state index in [2.05, 4.69) is 0 Å². The lowest BCUT2D eigenvalue weighted by molar-refractivity contribution is 0.445. The maximum Gasteiger partial charge on any atom is 0.164 e. The summed E-state index contributed by atoms with van der Waals surface area (Å²) in [4.78, 5) is 0. The van der Waals surface area contributed by atoms with Gasteiger partial charge in [0.15, 0.2) is 23.3 Å². The molecule has 1 aromatic rings. The van der Waals surface area contributed by atoms with Gasteiger partial charge in [-0.15, -0.1) is 0 Å². The summed E-state index contributed by atoms with van der Waals surface area (Å²) in [5.74, 6) is -5.43. The Morgan fingerprint density at radius 3 is 1.64 bits per heavy atom. The molecule has 0 amide bonds. The van der Waals surface area contributed by atoms with Crippen LogP contribution in [0, 0.1) is 30.2 Å². The average Bonchev–Trinajstić information content (AvgIpc) is 1.97. The van der Waals surface area contributed by atoms with Crippen molar-refractivity contribution in [3.63, 3.8) is 0 Å². The Bertz CT molecular complexity index is 267. The van der Waals surface area contributed by atoms with Gasteiger partial charge in [0, 0.05) is 11.6 Å². The van der Waals surface area contributed by atoms with Gasteiger partial charge in [-0.05, 0) is 6.92 Å². The lowest BCUT2D eigenvalue weighted by Crippen LogP contribution is -1.97. The fraction of sp³-hybridized carbons (Fsp3) is 0.143. The van der Waals surface area contributed by atoms with E-state index < -0.39 is 28.8 Å². The zero-order valence-corrected chi connectivity index (χ0v) is 5.59. The maximum atomic E-state index is 12.4. The first-order valence-corrected chi connectivity index (χ1v) is 2.83. The molecule has 0 unspecified atom stereocenters. The van der Waals surface area contributed by atoms with Gasteiger partial charge < -0.3 is 0 Å². The van der Waals surface area contributed by atoms with Crippen LogP contribution in [-0.4, -0.2) is 0 Å². The lowest BCUT2D eigenvalue weighted by Gasteiger charge is -1.99. The second kappa shape index (κ2) is 2.53. The smallest absolute Gasteiger partial charge is 0.164 e. The van der Waals surface area contributed by atoms with Gasteiger partial charge in [-0.2, -0.15) is 0 Å². The van der Waals surface area contributed by atoms with E-state index in [9.17, 15) is 17.6 Å². The minimum atomic E-state index is -1.37. The third-order valence-electron chi connectivity index (χ3n) is 1.33. The summed E-state index contributed by atoms with van der Waals surface area (Å²) in [7, 11) is 0. The molecule has 0 aliphatic rings. The molecule has 0 saturated heterocycles. The normalized spacial score (nSPS) is 10.3. The average molecular weight is 164 g/mol. The fourth-order valence-electron chi connectivity index (χ4n) is 0.693. The van der Waals surface area contributed by atoms with Gasteiger partial charge in [0.1, 0.15) is 0 Å². The quantitative estimate of drug-likeness (QED) is 0.408. The summed E-state index contributed by atoms with van der Waals surface area (Å²) in [6.07, 6.45) is 0. The van der Waals surface area contributed by atoms with Crippen LogP contribution in [0.25, 0.3) is 0 Å². The van der Waals surface area contributed by atoms with Crippen LogP contribution in [0.15, 0.2) is 6.07 Å². The Morgan fingerprint density at radius 2 is 1.27 bits per heavy atom. The van der Waals surface area contributed by atoms with Gasteiger partial charge in [0.2, 0.25) is 0 Å². The first-order chi connectivity index (χ1) is 5.04. The number of halogens is 4. The van der Waals surface area contributed by atoms with Crippen molar-refractivity contribution in [3.05, 3.63) is 34.9 Å². The topological polar surface area (TPSA) is 0 Å². The van der Waals surface area contributed by atoms with Gasteiger partial charge in [-0.1, -0.05) is 0 Å². The molecule has 0 N–H and O–H groups in total. The molecule has 0 heterocycles. The first kappa shape index (κ1) is 8.04. The van der Waals surface area contributed by atoms with Gasteiger partial charge in [0.25, 0.3) is 0 Å². The predicted octanol–water partition coefficient (Wildman–Crippen LogP) is 2.55. The highest BCUT2D eigenvalue weighted by atomic mass is 19.2. The molecular formula is C7H4F4. The molecule has 1 rings (SSSR count). The molecule has 0 bridgehead atoms. The van der Waals surface area contributed by atoms with Crippen molar-refractivity contribution in [3.8, 4) is 0 Å². The van der Waals surface area contributed by atoms with Crippen molar-refractivity contribution < 1.29 is 17.6 Å². The van der Waals surface area contributed by atoms with Crippen molar-refractivity contribution >= 4 is 0 Å². The number of benzene rings is 1. The van der Waals surface area contributed by atoms with Crippen molar-refractivity contribution in [2.75, 3.05) is 0 Å². The molecule has 0 aliphatic heterocycles. The minimum Gasteiger partial charge on any atom is -0.204 e. The molecule has 0 spiro atoms. The third-order valence-corrected chi connectivity index (χ3v) is 1.33. The van der Waals surface area contributed by atoms with E-state index in [0.717, 1.165) is 6.92 Å². The second-order valence-electron chi connectivity index (χ2n) is 2.09. The monoisotopic (exact) mass is 164 g/mol. The number of hydrogen-bond acceptors (Lipinski definition) is 0. The van der Waals surface area contributed by atoms with Crippen LogP contribution in [0.5, 0.6) is 0 Å². The maximum absolute atomic E-state index is 12.4. The van der Waals surface area contributed by atoms with Gasteiger partial charge in [0.05, 0.1) is 0 Å². The van der Waals surface area contributed by atoms with E-state index in [0.29, 0.717) is 0 Å². The van der Waals surface area contributed by atoms with Crippen LogP contribution in [0.1, 0.15) is 5.56 Å². The first-order valence-electron chi connectivity index (χ1n) is 2.83. The summed E-state index contributed by atoms with van der Waals surface area (Å²) in [5, 5.41) is 0. The van der Waals surface area contributed by atoms with E-state index in [4.69, 9.17) is 0 Å². The van der Waals surface area contributed by atoms with Gasteiger partial charge in [-0.3, -0.25) is 0 Å². The molecule has 0 nitrogen and oxygen atoms in total. The Balaban J connectivity index is 3.46.